The smallest absolute Gasteiger partial charge is 0.274 e. The number of amides is 1. The Hall–Kier alpha value is -2.24. The van der Waals surface area contributed by atoms with Crippen molar-refractivity contribution in [3.63, 3.8) is 0 Å². The molecule has 1 aromatic heterocycles. The highest BCUT2D eigenvalue weighted by Crippen LogP contribution is 2.24. The molecule has 1 atom stereocenters. The summed E-state index contributed by atoms with van der Waals surface area (Å²) >= 11 is 5.85. The van der Waals surface area contributed by atoms with Gasteiger partial charge in [-0.3, -0.25) is 4.79 Å². The lowest BCUT2D eigenvalue weighted by molar-refractivity contribution is 0.0275. The number of rotatable bonds is 3. The van der Waals surface area contributed by atoms with E-state index < -0.39 is 11.7 Å². The van der Waals surface area contributed by atoms with E-state index in [-0.39, 0.29) is 40.6 Å². The Morgan fingerprint density at radius 2 is 2.23 bits per heavy atom. The minimum atomic E-state index is -0.652. The quantitative estimate of drug-likeness (QED) is 0.832. The van der Waals surface area contributed by atoms with Gasteiger partial charge in [0.25, 0.3) is 5.91 Å². The molecule has 2 aromatic rings. The van der Waals surface area contributed by atoms with Gasteiger partial charge >= 0.3 is 0 Å². The molecule has 3 rings (SSSR count). The van der Waals surface area contributed by atoms with Gasteiger partial charge in [0.05, 0.1) is 18.4 Å². The van der Waals surface area contributed by atoms with Crippen molar-refractivity contribution in [3.8, 4) is 6.07 Å². The van der Waals surface area contributed by atoms with E-state index >= 15 is 0 Å². The Labute approximate surface area is 160 Å². The predicted octanol–water partition coefficient (Wildman–Crippen LogP) is 3.08. The lowest BCUT2D eigenvalue weighted by Crippen LogP contribution is -2.33. The molecule has 1 saturated heterocycles. The molecular formula is C17H15Cl2FN4O2. The summed E-state index contributed by atoms with van der Waals surface area (Å²) in [6, 6.07) is 8.96. The second-order valence-corrected chi connectivity index (χ2v) is 5.86. The summed E-state index contributed by atoms with van der Waals surface area (Å²) in [5.41, 5.74) is 0.649. The summed E-state index contributed by atoms with van der Waals surface area (Å²) in [7, 11) is 0. The third-order valence-corrected chi connectivity index (χ3v) is 3.90. The van der Waals surface area contributed by atoms with Crippen LogP contribution in [-0.4, -0.2) is 30.6 Å². The van der Waals surface area contributed by atoms with Crippen LogP contribution in [0, 0.1) is 17.1 Å². The fourth-order valence-corrected chi connectivity index (χ4v) is 2.68. The largest absolute Gasteiger partial charge is 0.371 e. The Bertz CT molecular complexity index is 851. The standard InChI is InChI=1S/C17H14ClFN4O2.ClH/c18-11-6-12(8-20)22-15(7-11)17(24)23-14-2-1-10(5-13(14)19)16-9-21-3-4-25-16;/h1-2,5-7,16,21H,3-4,9H2,(H,23,24);1H. The maximum atomic E-state index is 14.3. The first kappa shape index (κ1) is 20.1. The van der Waals surface area contributed by atoms with E-state index in [0.717, 1.165) is 6.54 Å². The molecule has 1 amide bonds. The van der Waals surface area contributed by atoms with E-state index in [9.17, 15) is 9.18 Å². The molecule has 0 aliphatic carbocycles. The van der Waals surface area contributed by atoms with Crippen LogP contribution < -0.4 is 10.6 Å². The average Bonchev–Trinajstić information content (AvgIpc) is 2.63. The number of morpholine rings is 1. The molecule has 1 aliphatic heterocycles. The van der Waals surface area contributed by atoms with Crippen LogP contribution in [0.4, 0.5) is 10.1 Å². The van der Waals surface area contributed by atoms with E-state index in [4.69, 9.17) is 21.6 Å². The lowest BCUT2D eigenvalue weighted by Gasteiger charge is -2.24. The Balaban J connectivity index is 0.00000243. The molecule has 0 saturated carbocycles. The Kier molecular flexibility index (Phi) is 6.89. The van der Waals surface area contributed by atoms with Crippen molar-refractivity contribution in [3.05, 3.63) is 58.1 Å². The van der Waals surface area contributed by atoms with Gasteiger partial charge in [0.1, 0.15) is 23.3 Å². The summed E-state index contributed by atoms with van der Waals surface area (Å²) in [5, 5.41) is 14.7. The van der Waals surface area contributed by atoms with Crippen LogP contribution in [0.2, 0.25) is 5.02 Å². The van der Waals surface area contributed by atoms with Gasteiger partial charge in [0.15, 0.2) is 0 Å². The number of hydrogen-bond acceptors (Lipinski definition) is 5. The van der Waals surface area contributed by atoms with Gasteiger partial charge in [-0.2, -0.15) is 5.26 Å². The first-order valence-electron chi connectivity index (χ1n) is 7.57. The molecule has 2 heterocycles. The number of benzene rings is 1. The molecule has 1 aliphatic rings. The number of pyridine rings is 1. The zero-order chi connectivity index (χ0) is 17.8. The van der Waals surface area contributed by atoms with Crippen LogP contribution in [0.5, 0.6) is 0 Å². The Morgan fingerprint density at radius 3 is 2.88 bits per heavy atom. The lowest BCUT2D eigenvalue weighted by atomic mass is 10.1. The fraction of sp³-hybridized carbons (Fsp3) is 0.235. The third-order valence-electron chi connectivity index (χ3n) is 3.68. The zero-order valence-corrected chi connectivity index (χ0v) is 15.0. The van der Waals surface area contributed by atoms with E-state index in [2.05, 4.69) is 15.6 Å². The number of anilines is 1. The molecule has 136 valence electrons. The molecule has 9 heteroatoms. The number of carbonyl (C=O) groups is 1. The van der Waals surface area contributed by atoms with Crippen LogP contribution in [0.25, 0.3) is 0 Å². The molecule has 2 N–H and O–H groups in total. The number of nitrogens with one attached hydrogen (secondary N) is 2. The molecule has 6 nitrogen and oxygen atoms in total. The zero-order valence-electron chi connectivity index (χ0n) is 13.5. The first-order valence-corrected chi connectivity index (χ1v) is 7.95. The van der Waals surface area contributed by atoms with Crippen LogP contribution in [0.3, 0.4) is 0 Å². The number of carbonyl (C=O) groups excluding carboxylic acids is 1. The summed E-state index contributed by atoms with van der Waals surface area (Å²) in [5.74, 6) is -1.23. The molecular weight excluding hydrogens is 382 g/mol. The van der Waals surface area contributed by atoms with Crippen molar-refractivity contribution in [2.45, 2.75) is 6.10 Å². The minimum absolute atomic E-state index is 0. The van der Waals surface area contributed by atoms with Gasteiger partial charge < -0.3 is 15.4 Å². The molecule has 26 heavy (non-hydrogen) atoms. The van der Waals surface area contributed by atoms with Crippen molar-refractivity contribution < 1.29 is 13.9 Å². The molecule has 1 fully saturated rings. The molecule has 1 unspecified atom stereocenters. The number of aromatic nitrogens is 1. The molecule has 0 radical (unpaired) electrons. The monoisotopic (exact) mass is 396 g/mol. The molecule has 0 spiro atoms. The average molecular weight is 397 g/mol. The maximum Gasteiger partial charge on any atom is 0.274 e. The normalized spacial score (nSPS) is 16.3. The summed E-state index contributed by atoms with van der Waals surface area (Å²) in [4.78, 5) is 16.1. The van der Waals surface area contributed by atoms with Gasteiger partial charge in [0, 0.05) is 18.1 Å². The predicted molar refractivity (Wildman–Crippen MR) is 97.1 cm³/mol. The van der Waals surface area contributed by atoms with Gasteiger partial charge in [-0.25, -0.2) is 9.37 Å². The maximum absolute atomic E-state index is 14.3. The van der Waals surface area contributed by atoms with E-state index in [0.29, 0.717) is 18.7 Å². The number of halogens is 3. The van der Waals surface area contributed by atoms with Crippen LogP contribution >= 0.6 is 24.0 Å². The van der Waals surface area contributed by atoms with Crippen molar-refractivity contribution in [2.75, 3.05) is 25.0 Å². The van der Waals surface area contributed by atoms with Crippen LogP contribution in [0.1, 0.15) is 27.8 Å². The van der Waals surface area contributed by atoms with Gasteiger partial charge in [-0.15, -0.1) is 12.4 Å². The van der Waals surface area contributed by atoms with Crippen molar-refractivity contribution >= 4 is 35.6 Å². The number of nitrogens with zero attached hydrogens (tertiary/aromatic N) is 2. The van der Waals surface area contributed by atoms with E-state index in [1.54, 1.807) is 6.07 Å². The highest BCUT2D eigenvalue weighted by molar-refractivity contribution is 6.31. The summed E-state index contributed by atoms with van der Waals surface area (Å²) in [6.45, 7) is 1.94. The van der Waals surface area contributed by atoms with Crippen LogP contribution in [0.15, 0.2) is 30.3 Å². The highest BCUT2D eigenvalue weighted by atomic mass is 35.5. The van der Waals surface area contributed by atoms with Crippen molar-refractivity contribution in [1.82, 2.24) is 10.3 Å². The number of hydrogen-bond donors (Lipinski definition) is 2. The summed E-state index contributed by atoms with van der Waals surface area (Å²) < 4.78 is 19.9. The summed E-state index contributed by atoms with van der Waals surface area (Å²) in [6.07, 6.45) is -0.221. The van der Waals surface area contributed by atoms with Crippen molar-refractivity contribution in [2.24, 2.45) is 0 Å². The number of nitriles is 1. The third kappa shape index (κ3) is 4.68. The van der Waals surface area contributed by atoms with Gasteiger partial charge in [0.2, 0.25) is 0 Å². The Morgan fingerprint density at radius 1 is 1.42 bits per heavy atom. The van der Waals surface area contributed by atoms with E-state index in [1.165, 1.54) is 24.3 Å². The van der Waals surface area contributed by atoms with E-state index in [1.807, 2.05) is 6.07 Å². The second-order valence-electron chi connectivity index (χ2n) is 5.42. The fourth-order valence-electron chi connectivity index (χ4n) is 2.47. The SMILES string of the molecule is Cl.N#Cc1cc(Cl)cc(C(=O)Nc2ccc(C3CNCCO3)cc2F)n1. The van der Waals surface area contributed by atoms with Gasteiger partial charge in [-0.05, 0) is 29.8 Å². The van der Waals surface area contributed by atoms with Gasteiger partial charge in [-0.1, -0.05) is 17.7 Å². The second kappa shape index (κ2) is 8.92. The van der Waals surface area contributed by atoms with Crippen LogP contribution in [-0.2, 0) is 4.74 Å². The minimum Gasteiger partial charge on any atom is -0.371 e. The molecule has 1 aromatic carbocycles. The first-order chi connectivity index (χ1) is 12.1. The highest BCUT2D eigenvalue weighted by Gasteiger charge is 2.18. The number of ether oxygens (including phenoxy) is 1. The van der Waals surface area contributed by atoms with Crippen molar-refractivity contribution in [1.29, 1.82) is 5.26 Å². The molecule has 0 bridgehead atoms. The topological polar surface area (TPSA) is 87.0 Å².